The number of nitrogens with one attached hydrogen (secondary N) is 3. The standard InChI is InChI=1S/C43H40FN9O5/c1-25-5-9-29(22-34(25)49-43-46-19-15-33(48-43)27-4-3-18-45-23-27)47-39(55)26-6-10-31(11-7-26)52-20-16-30(17-21-52)51(2)24-28-8-12-32-37(38(28)44)42(58)53(41(32)57)35-13-14-36(54)50-40(35)56/h3-12,15,18-19,22-23,30,35H,13-14,16-17,20-21,24H2,1-2H3,(H,47,55)(H,46,48,49)(H,50,54,56). The molecule has 1 atom stereocenters. The van der Waals surface area contributed by atoms with E-state index < -0.39 is 35.5 Å². The third kappa shape index (κ3) is 7.63. The van der Waals surface area contributed by atoms with Crippen LogP contribution in [0.1, 0.15) is 67.9 Å². The van der Waals surface area contributed by atoms with Crippen LogP contribution in [-0.4, -0.2) is 86.5 Å². The van der Waals surface area contributed by atoms with Crippen molar-refractivity contribution in [2.45, 2.75) is 51.2 Å². The molecule has 3 aromatic carbocycles. The molecule has 2 saturated heterocycles. The molecule has 5 amide bonds. The molecule has 58 heavy (non-hydrogen) atoms. The second-order valence-corrected chi connectivity index (χ2v) is 14.7. The summed E-state index contributed by atoms with van der Waals surface area (Å²) in [6.07, 6.45) is 6.72. The molecule has 3 aliphatic rings. The van der Waals surface area contributed by atoms with Crippen molar-refractivity contribution in [3.63, 3.8) is 0 Å². The Morgan fingerprint density at radius 1 is 0.948 bits per heavy atom. The molecule has 3 aliphatic heterocycles. The van der Waals surface area contributed by atoms with Crippen LogP contribution >= 0.6 is 0 Å². The second kappa shape index (κ2) is 15.9. The maximum absolute atomic E-state index is 15.9. The van der Waals surface area contributed by atoms with E-state index in [2.05, 4.69) is 35.8 Å². The lowest BCUT2D eigenvalue weighted by molar-refractivity contribution is -0.136. The minimum absolute atomic E-state index is 0.00103. The van der Waals surface area contributed by atoms with Crippen molar-refractivity contribution in [3.05, 3.63) is 125 Å². The summed E-state index contributed by atoms with van der Waals surface area (Å²) < 4.78 is 15.9. The van der Waals surface area contributed by atoms with Crippen molar-refractivity contribution < 1.29 is 28.4 Å². The molecule has 0 radical (unpaired) electrons. The van der Waals surface area contributed by atoms with Gasteiger partial charge in [0, 0.05) is 84.4 Å². The number of aryl methyl sites for hydroxylation is 1. The molecule has 0 spiro atoms. The number of carbonyl (C=O) groups excluding carboxylic acids is 5. The molecule has 2 fully saturated rings. The molecule has 5 aromatic rings. The largest absolute Gasteiger partial charge is 0.371 e. The third-order valence-electron chi connectivity index (χ3n) is 11.0. The molecule has 3 N–H and O–H groups in total. The number of carbonyl (C=O) groups is 5. The molecule has 14 nitrogen and oxygen atoms in total. The third-order valence-corrected chi connectivity index (χ3v) is 11.0. The van der Waals surface area contributed by atoms with E-state index in [0.29, 0.717) is 17.2 Å². The average Bonchev–Trinajstić information content (AvgIpc) is 3.49. The van der Waals surface area contributed by atoms with Crippen LogP contribution in [0, 0.1) is 12.7 Å². The Balaban J connectivity index is 0.851. The van der Waals surface area contributed by atoms with Crippen LogP contribution in [0.25, 0.3) is 11.3 Å². The highest BCUT2D eigenvalue weighted by atomic mass is 19.1. The van der Waals surface area contributed by atoms with E-state index in [1.165, 1.54) is 12.1 Å². The zero-order valence-electron chi connectivity index (χ0n) is 31.9. The highest BCUT2D eigenvalue weighted by molar-refractivity contribution is 6.23. The average molecular weight is 782 g/mol. The Morgan fingerprint density at radius 3 is 2.48 bits per heavy atom. The van der Waals surface area contributed by atoms with Crippen molar-refractivity contribution in [2.75, 3.05) is 35.7 Å². The smallest absolute Gasteiger partial charge is 0.265 e. The minimum atomic E-state index is -1.16. The van der Waals surface area contributed by atoms with Crippen molar-refractivity contribution in [3.8, 4) is 11.3 Å². The van der Waals surface area contributed by atoms with Gasteiger partial charge in [-0.1, -0.05) is 12.1 Å². The topological polar surface area (TPSA) is 170 Å². The molecule has 8 rings (SSSR count). The van der Waals surface area contributed by atoms with Gasteiger partial charge in [0.25, 0.3) is 17.7 Å². The molecular weight excluding hydrogens is 742 g/mol. The fourth-order valence-corrected chi connectivity index (χ4v) is 7.72. The summed E-state index contributed by atoms with van der Waals surface area (Å²) in [6, 6.07) is 20.6. The fourth-order valence-electron chi connectivity index (χ4n) is 7.72. The summed E-state index contributed by atoms with van der Waals surface area (Å²) in [5, 5.41) is 8.41. The van der Waals surface area contributed by atoms with Crippen LogP contribution in [0.2, 0.25) is 0 Å². The first-order valence-electron chi connectivity index (χ1n) is 19.0. The number of benzene rings is 3. The van der Waals surface area contributed by atoms with Gasteiger partial charge in [-0.2, -0.15) is 0 Å². The highest BCUT2D eigenvalue weighted by Crippen LogP contribution is 2.32. The number of hydrogen-bond acceptors (Lipinski definition) is 11. The molecular formula is C43H40FN9O5. The lowest BCUT2D eigenvalue weighted by atomic mass is 10.0. The van der Waals surface area contributed by atoms with E-state index in [9.17, 15) is 24.0 Å². The minimum Gasteiger partial charge on any atom is -0.371 e. The number of fused-ring (bicyclic) bond motifs is 1. The van der Waals surface area contributed by atoms with Crippen molar-refractivity contribution in [1.82, 2.24) is 30.1 Å². The molecule has 0 saturated carbocycles. The number of halogens is 1. The predicted octanol–water partition coefficient (Wildman–Crippen LogP) is 5.48. The normalized spacial score (nSPS) is 17.1. The van der Waals surface area contributed by atoms with Gasteiger partial charge in [-0.25, -0.2) is 14.4 Å². The van der Waals surface area contributed by atoms with E-state index in [0.717, 1.165) is 59.0 Å². The zero-order valence-corrected chi connectivity index (χ0v) is 31.9. The summed E-state index contributed by atoms with van der Waals surface area (Å²) in [7, 11) is 1.91. The lowest BCUT2D eigenvalue weighted by Gasteiger charge is -2.38. The van der Waals surface area contributed by atoms with Gasteiger partial charge in [-0.3, -0.25) is 44.1 Å². The van der Waals surface area contributed by atoms with Crippen LogP contribution in [0.3, 0.4) is 0 Å². The first kappa shape index (κ1) is 38.0. The van der Waals surface area contributed by atoms with Crippen molar-refractivity contribution in [2.24, 2.45) is 0 Å². The van der Waals surface area contributed by atoms with Crippen LogP contribution in [0.15, 0.2) is 91.4 Å². The van der Waals surface area contributed by atoms with Crippen LogP contribution in [0.5, 0.6) is 0 Å². The number of amides is 5. The first-order valence-corrected chi connectivity index (χ1v) is 19.0. The Bertz CT molecular complexity index is 2440. The summed E-state index contributed by atoms with van der Waals surface area (Å²) >= 11 is 0. The predicted molar refractivity (Wildman–Crippen MR) is 214 cm³/mol. The Morgan fingerprint density at radius 2 is 1.74 bits per heavy atom. The zero-order chi connectivity index (χ0) is 40.5. The van der Waals surface area contributed by atoms with E-state index in [1.54, 1.807) is 30.7 Å². The number of imide groups is 2. The number of anilines is 4. The van der Waals surface area contributed by atoms with E-state index >= 15 is 4.39 Å². The molecule has 5 heterocycles. The Hall–Kier alpha value is -6.87. The van der Waals surface area contributed by atoms with Gasteiger partial charge in [0.2, 0.25) is 17.8 Å². The van der Waals surface area contributed by atoms with Gasteiger partial charge >= 0.3 is 0 Å². The summed E-state index contributed by atoms with van der Waals surface area (Å²) in [5.74, 6) is -3.40. The van der Waals surface area contributed by atoms with Gasteiger partial charge in [0.1, 0.15) is 11.9 Å². The molecule has 2 aromatic heterocycles. The number of piperidine rings is 2. The summed E-state index contributed by atoms with van der Waals surface area (Å²) in [6.45, 7) is 3.67. The second-order valence-electron chi connectivity index (χ2n) is 14.7. The Kier molecular flexibility index (Phi) is 10.4. The first-order chi connectivity index (χ1) is 28.0. The Labute approximate surface area is 333 Å². The number of hydrogen-bond donors (Lipinski definition) is 3. The van der Waals surface area contributed by atoms with Gasteiger partial charge in [-0.15, -0.1) is 0 Å². The van der Waals surface area contributed by atoms with Gasteiger partial charge in [0.05, 0.1) is 16.8 Å². The summed E-state index contributed by atoms with van der Waals surface area (Å²) in [4.78, 5) is 81.9. The molecule has 0 aliphatic carbocycles. The summed E-state index contributed by atoms with van der Waals surface area (Å²) in [5.41, 5.74) is 5.31. The molecule has 1 unspecified atom stereocenters. The van der Waals surface area contributed by atoms with E-state index in [-0.39, 0.29) is 48.0 Å². The van der Waals surface area contributed by atoms with Crippen molar-refractivity contribution >= 4 is 52.5 Å². The van der Waals surface area contributed by atoms with Crippen molar-refractivity contribution in [1.29, 1.82) is 0 Å². The maximum atomic E-state index is 15.9. The van der Waals surface area contributed by atoms with Crippen LogP contribution < -0.4 is 20.9 Å². The molecule has 0 bridgehead atoms. The number of nitrogens with zero attached hydrogens (tertiary/aromatic N) is 6. The van der Waals surface area contributed by atoms with Gasteiger partial charge in [-0.05, 0) is 99.5 Å². The lowest BCUT2D eigenvalue weighted by Crippen LogP contribution is -2.54. The highest BCUT2D eigenvalue weighted by Gasteiger charge is 2.46. The molecule has 15 heteroatoms. The van der Waals surface area contributed by atoms with E-state index in [1.807, 2.05) is 67.4 Å². The number of aromatic nitrogens is 3. The quantitative estimate of drug-likeness (QED) is 0.153. The maximum Gasteiger partial charge on any atom is 0.265 e. The number of pyridine rings is 1. The molecule has 294 valence electrons. The van der Waals surface area contributed by atoms with E-state index in [4.69, 9.17) is 0 Å². The van der Waals surface area contributed by atoms with Gasteiger partial charge in [0.15, 0.2) is 0 Å². The van der Waals surface area contributed by atoms with Gasteiger partial charge < -0.3 is 15.5 Å². The monoisotopic (exact) mass is 781 g/mol. The fraction of sp³-hybridized carbons (Fsp3) is 0.256. The van der Waals surface area contributed by atoms with Crippen LogP contribution in [-0.2, 0) is 16.1 Å². The van der Waals surface area contributed by atoms with Crippen LogP contribution in [0.4, 0.5) is 27.4 Å². The SMILES string of the molecule is Cc1ccc(NC(=O)c2ccc(N3CCC(N(C)Cc4ccc5c(c4F)C(=O)N(C4CCC(=O)NC4=O)C5=O)CC3)cc2)cc1Nc1nccc(-c2cccnc2)n1. The number of rotatable bonds is 10.